The van der Waals surface area contributed by atoms with Gasteiger partial charge < -0.3 is 9.67 Å². The van der Waals surface area contributed by atoms with Crippen LogP contribution in [0.3, 0.4) is 0 Å². The Morgan fingerprint density at radius 3 is 2.71 bits per heavy atom. The molecule has 2 rings (SSSR count). The van der Waals surface area contributed by atoms with E-state index >= 15 is 0 Å². The molecular formula is C16H20N2O2S. The van der Waals surface area contributed by atoms with Crippen molar-refractivity contribution < 1.29 is 9.90 Å². The number of aryl methyl sites for hydroxylation is 2. The monoisotopic (exact) mass is 304 g/mol. The second-order valence-electron chi connectivity index (χ2n) is 5.13. The van der Waals surface area contributed by atoms with Gasteiger partial charge in [-0.2, -0.15) is 0 Å². The van der Waals surface area contributed by atoms with E-state index in [1.807, 2.05) is 32.2 Å². The number of aliphatic carboxylic acids is 1. The number of aromatic nitrogens is 1. The van der Waals surface area contributed by atoms with Crippen LogP contribution >= 0.6 is 11.3 Å². The molecule has 0 bridgehead atoms. The number of carbonyl (C=O) groups is 1. The number of benzene rings is 1. The van der Waals surface area contributed by atoms with Crippen LogP contribution in [0.4, 0.5) is 5.69 Å². The first-order chi connectivity index (χ1) is 9.93. The summed E-state index contributed by atoms with van der Waals surface area (Å²) < 4.78 is 2.05. The zero-order chi connectivity index (χ0) is 15.6. The average molecular weight is 304 g/mol. The van der Waals surface area contributed by atoms with Crippen LogP contribution < -0.4 is 4.80 Å². The number of hydrogen-bond donors (Lipinski definition) is 1. The predicted octanol–water partition coefficient (Wildman–Crippen LogP) is 3.38. The molecule has 1 unspecified atom stereocenters. The third-order valence-electron chi connectivity index (χ3n) is 3.72. The molecule has 0 fully saturated rings. The minimum Gasteiger partial charge on any atom is -0.481 e. The first-order valence-electron chi connectivity index (χ1n) is 6.95. The third kappa shape index (κ3) is 3.24. The summed E-state index contributed by atoms with van der Waals surface area (Å²) in [5.74, 6) is -1.30. The Balaban J connectivity index is 2.49. The van der Waals surface area contributed by atoms with E-state index in [4.69, 9.17) is 10.1 Å². The minimum atomic E-state index is -0.804. The van der Waals surface area contributed by atoms with E-state index in [-0.39, 0.29) is 0 Å². The Labute approximate surface area is 128 Å². The maximum absolute atomic E-state index is 11.1. The SMILES string of the molecule is CCc1cc(C(C)C(=O)O)ccc1N=c1scc(C)n1C. The number of thiazole rings is 1. The molecule has 0 amide bonds. The summed E-state index contributed by atoms with van der Waals surface area (Å²) in [5.41, 5.74) is 3.99. The van der Waals surface area contributed by atoms with Crippen molar-refractivity contribution in [2.75, 3.05) is 0 Å². The summed E-state index contributed by atoms with van der Waals surface area (Å²) in [7, 11) is 2.00. The van der Waals surface area contributed by atoms with Crippen LogP contribution in [0.2, 0.25) is 0 Å². The van der Waals surface area contributed by atoms with Crippen LogP contribution in [0.1, 0.15) is 36.6 Å². The van der Waals surface area contributed by atoms with Gasteiger partial charge in [-0.15, -0.1) is 11.3 Å². The van der Waals surface area contributed by atoms with Gasteiger partial charge in [-0.05, 0) is 37.5 Å². The highest BCUT2D eigenvalue weighted by Gasteiger charge is 2.14. The molecule has 1 heterocycles. The van der Waals surface area contributed by atoms with E-state index in [1.54, 1.807) is 18.3 Å². The van der Waals surface area contributed by atoms with Crippen LogP contribution in [0.15, 0.2) is 28.6 Å². The fourth-order valence-corrected chi connectivity index (χ4v) is 2.95. The molecule has 0 saturated heterocycles. The molecule has 0 aliphatic heterocycles. The zero-order valence-electron chi connectivity index (χ0n) is 12.8. The molecule has 112 valence electrons. The van der Waals surface area contributed by atoms with E-state index in [2.05, 4.69) is 16.9 Å². The lowest BCUT2D eigenvalue weighted by molar-refractivity contribution is -0.138. The molecule has 2 aromatic rings. The maximum Gasteiger partial charge on any atom is 0.310 e. The summed E-state index contributed by atoms with van der Waals surface area (Å²) in [5, 5.41) is 11.2. The van der Waals surface area contributed by atoms with Crippen LogP contribution in [0.25, 0.3) is 0 Å². The fourth-order valence-electron chi connectivity index (χ4n) is 2.06. The largest absolute Gasteiger partial charge is 0.481 e. The summed E-state index contributed by atoms with van der Waals surface area (Å²) >= 11 is 1.61. The number of carboxylic acids is 1. The molecule has 1 atom stereocenters. The second-order valence-corrected chi connectivity index (χ2v) is 5.97. The lowest BCUT2D eigenvalue weighted by Crippen LogP contribution is -2.11. The van der Waals surface area contributed by atoms with E-state index in [1.165, 1.54) is 5.69 Å². The van der Waals surface area contributed by atoms with Gasteiger partial charge in [0, 0.05) is 18.1 Å². The fraction of sp³-hybridized carbons (Fsp3) is 0.375. The van der Waals surface area contributed by atoms with Crippen LogP contribution in [-0.4, -0.2) is 15.6 Å². The highest BCUT2D eigenvalue weighted by molar-refractivity contribution is 7.07. The minimum absolute atomic E-state index is 0.496. The Kier molecular flexibility index (Phi) is 4.63. The first-order valence-corrected chi connectivity index (χ1v) is 7.83. The topological polar surface area (TPSA) is 54.6 Å². The molecule has 0 spiro atoms. The van der Waals surface area contributed by atoms with Crippen molar-refractivity contribution in [1.29, 1.82) is 0 Å². The third-order valence-corrected chi connectivity index (χ3v) is 4.76. The van der Waals surface area contributed by atoms with Crippen molar-refractivity contribution in [3.05, 3.63) is 45.2 Å². The molecule has 0 aliphatic rings. The summed E-state index contributed by atoms with van der Waals surface area (Å²) in [6, 6.07) is 5.73. The zero-order valence-corrected chi connectivity index (χ0v) is 13.6. The summed E-state index contributed by atoms with van der Waals surface area (Å²) in [6.45, 7) is 5.81. The Bertz CT molecular complexity index is 728. The second kappa shape index (κ2) is 6.26. The molecule has 1 N–H and O–H groups in total. The van der Waals surface area contributed by atoms with Crippen LogP contribution in [0.5, 0.6) is 0 Å². The van der Waals surface area contributed by atoms with E-state index in [0.29, 0.717) is 0 Å². The van der Waals surface area contributed by atoms with E-state index < -0.39 is 11.9 Å². The molecule has 0 aliphatic carbocycles. The highest BCUT2D eigenvalue weighted by Crippen LogP contribution is 2.25. The van der Waals surface area contributed by atoms with Gasteiger partial charge in [-0.3, -0.25) is 4.79 Å². The quantitative estimate of drug-likeness (QED) is 0.941. The molecule has 21 heavy (non-hydrogen) atoms. The van der Waals surface area contributed by atoms with Gasteiger partial charge in [0.25, 0.3) is 0 Å². The molecule has 0 radical (unpaired) electrons. The Morgan fingerprint density at radius 1 is 1.48 bits per heavy atom. The molecule has 1 aromatic carbocycles. The highest BCUT2D eigenvalue weighted by atomic mass is 32.1. The Hall–Kier alpha value is -1.88. The van der Waals surface area contributed by atoms with Gasteiger partial charge in [-0.1, -0.05) is 19.1 Å². The van der Waals surface area contributed by atoms with Crippen LogP contribution in [0, 0.1) is 6.92 Å². The average Bonchev–Trinajstić information content (AvgIpc) is 2.78. The standard InChI is InChI=1S/C16H20N2O2S/c1-5-12-8-13(11(3)15(19)20)6-7-14(12)17-16-18(4)10(2)9-21-16/h6-9,11H,5H2,1-4H3,(H,19,20). The van der Waals surface area contributed by atoms with Gasteiger partial charge in [0.05, 0.1) is 11.6 Å². The van der Waals surface area contributed by atoms with Gasteiger partial charge in [0.2, 0.25) is 0 Å². The summed E-state index contributed by atoms with van der Waals surface area (Å²) in [4.78, 5) is 16.8. The smallest absolute Gasteiger partial charge is 0.310 e. The van der Waals surface area contributed by atoms with Gasteiger partial charge in [-0.25, -0.2) is 4.99 Å². The molecule has 4 nitrogen and oxygen atoms in total. The van der Waals surface area contributed by atoms with Gasteiger partial charge >= 0.3 is 5.97 Å². The van der Waals surface area contributed by atoms with E-state index in [9.17, 15) is 4.79 Å². The van der Waals surface area contributed by atoms with Crippen LogP contribution in [-0.2, 0) is 18.3 Å². The van der Waals surface area contributed by atoms with Gasteiger partial charge in [0.1, 0.15) is 0 Å². The lowest BCUT2D eigenvalue weighted by Gasteiger charge is -2.10. The molecule has 1 aromatic heterocycles. The predicted molar refractivity (Wildman–Crippen MR) is 85.1 cm³/mol. The van der Waals surface area contributed by atoms with Crippen molar-refractivity contribution in [1.82, 2.24) is 4.57 Å². The summed E-state index contributed by atoms with van der Waals surface area (Å²) in [6.07, 6.45) is 0.826. The number of rotatable bonds is 4. The molecule has 5 heteroatoms. The van der Waals surface area contributed by atoms with Crippen molar-refractivity contribution in [3.8, 4) is 0 Å². The number of hydrogen-bond acceptors (Lipinski definition) is 3. The Morgan fingerprint density at radius 2 is 2.19 bits per heavy atom. The van der Waals surface area contributed by atoms with Crippen molar-refractivity contribution >= 4 is 23.0 Å². The van der Waals surface area contributed by atoms with Crippen molar-refractivity contribution in [2.45, 2.75) is 33.1 Å². The van der Waals surface area contributed by atoms with Crippen molar-refractivity contribution in [3.63, 3.8) is 0 Å². The number of nitrogens with zero attached hydrogens (tertiary/aromatic N) is 2. The van der Waals surface area contributed by atoms with Crippen molar-refractivity contribution in [2.24, 2.45) is 12.0 Å². The maximum atomic E-state index is 11.1. The first kappa shape index (κ1) is 15.5. The molecular weight excluding hydrogens is 284 g/mol. The lowest BCUT2D eigenvalue weighted by atomic mass is 9.97. The molecule has 0 saturated carbocycles. The van der Waals surface area contributed by atoms with E-state index in [0.717, 1.165) is 28.0 Å². The van der Waals surface area contributed by atoms with Gasteiger partial charge in [0.15, 0.2) is 4.80 Å². The number of carboxylic acid groups (broad SMARTS) is 1. The normalized spacial score (nSPS) is 13.4.